The van der Waals surface area contributed by atoms with Gasteiger partial charge in [0, 0.05) is 31.5 Å². The zero-order valence-electron chi connectivity index (χ0n) is 7.56. The van der Waals surface area contributed by atoms with E-state index >= 15 is 0 Å². The highest BCUT2D eigenvalue weighted by Gasteiger charge is 2.20. The Hall–Kier alpha value is -0.390. The summed E-state index contributed by atoms with van der Waals surface area (Å²) in [6.07, 6.45) is 4.54. The molecule has 0 aromatic carbocycles. The summed E-state index contributed by atoms with van der Waals surface area (Å²) in [7, 11) is 0. The smallest absolute Gasteiger partial charge is 0.225 e. The van der Waals surface area contributed by atoms with Gasteiger partial charge in [-0.1, -0.05) is 0 Å². The first-order valence-corrected chi connectivity index (χ1v) is 5.03. The second-order valence-electron chi connectivity index (χ2n) is 3.20. The van der Waals surface area contributed by atoms with Gasteiger partial charge >= 0.3 is 0 Å². The van der Waals surface area contributed by atoms with Gasteiger partial charge in [-0.2, -0.15) is 0 Å². The molecule has 0 saturated carbocycles. The molecule has 0 bridgehead atoms. The van der Waals surface area contributed by atoms with Crippen LogP contribution < -0.4 is 10.6 Å². The van der Waals surface area contributed by atoms with Crippen LogP contribution in [0, 0.1) is 0 Å². The van der Waals surface area contributed by atoms with Gasteiger partial charge < -0.3 is 10.6 Å². The van der Waals surface area contributed by atoms with E-state index in [-0.39, 0.29) is 18.4 Å². The molecule has 78 valence electrons. The second kappa shape index (κ2) is 4.91. The molecule has 2 N–H and O–H groups in total. The average molecular weight is 280 g/mol. The van der Waals surface area contributed by atoms with E-state index < -0.39 is 0 Å². The molecule has 1 saturated heterocycles. The Morgan fingerprint density at radius 1 is 1.43 bits per heavy atom. The number of aromatic nitrogens is 2. The number of hydrogen-bond acceptors (Lipinski definition) is 4. The molecule has 1 fully saturated rings. The molecule has 0 radical (unpaired) electrons. The van der Waals surface area contributed by atoms with Crippen LogP contribution in [0.4, 0.5) is 5.95 Å². The fourth-order valence-electron chi connectivity index (χ4n) is 1.44. The van der Waals surface area contributed by atoms with Gasteiger partial charge in [-0.3, -0.25) is 0 Å². The summed E-state index contributed by atoms with van der Waals surface area (Å²) in [6.45, 7) is 1.82. The predicted molar refractivity (Wildman–Crippen MR) is 61.8 cm³/mol. The molecule has 4 nitrogen and oxygen atoms in total. The van der Waals surface area contributed by atoms with E-state index in [2.05, 4.69) is 30.8 Å². The number of nitrogens with zero attached hydrogens (tertiary/aromatic N) is 3. The number of rotatable bonds is 1. The van der Waals surface area contributed by atoms with Crippen molar-refractivity contribution in [3.05, 3.63) is 16.9 Å². The standard InChI is InChI=1S/C8H11BrN4.ClH/c9-6-3-11-8(12-4-6)13-2-1-7(10)5-13;/h3-4,7H,1-2,5,10H2;1H/t7-;/m0./s1. The Kier molecular flexibility index (Phi) is 4.10. The zero-order chi connectivity index (χ0) is 9.26. The lowest BCUT2D eigenvalue weighted by atomic mass is 10.3. The van der Waals surface area contributed by atoms with Gasteiger partial charge in [0.15, 0.2) is 0 Å². The summed E-state index contributed by atoms with van der Waals surface area (Å²) in [6, 6.07) is 0.271. The Bertz CT molecular complexity index is 292. The molecular weight excluding hydrogens is 267 g/mol. The summed E-state index contributed by atoms with van der Waals surface area (Å²) in [4.78, 5) is 10.5. The molecule has 0 aliphatic carbocycles. The maximum absolute atomic E-state index is 5.79. The molecule has 14 heavy (non-hydrogen) atoms. The summed E-state index contributed by atoms with van der Waals surface area (Å²) >= 11 is 3.30. The molecule has 2 heterocycles. The van der Waals surface area contributed by atoms with Gasteiger partial charge in [0.1, 0.15) is 0 Å². The second-order valence-corrected chi connectivity index (χ2v) is 4.11. The third kappa shape index (κ3) is 2.56. The maximum atomic E-state index is 5.79. The minimum atomic E-state index is 0. The first-order chi connectivity index (χ1) is 6.25. The van der Waals surface area contributed by atoms with Crippen LogP contribution in [0.2, 0.25) is 0 Å². The van der Waals surface area contributed by atoms with Crippen molar-refractivity contribution in [1.82, 2.24) is 9.97 Å². The third-order valence-electron chi connectivity index (χ3n) is 2.11. The fourth-order valence-corrected chi connectivity index (χ4v) is 1.64. The molecule has 2 rings (SSSR count). The molecule has 0 unspecified atom stereocenters. The lowest BCUT2D eigenvalue weighted by Crippen LogP contribution is -2.27. The Morgan fingerprint density at radius 2 is 2.07 bits per heavy atom. The maximum Gasteiger partial charge on any atom is 0.225 e. The molecule has 1 aliphatic rings. The Balaban J connectivity index is 0.000000980. The number of hydrogen-bond donors (Lipinski definition) is 1. The highest BCUT2D eigenvalue weighted by molar-refractivity contribution is 9.10. The van der Waals surface area contributed by atoms with E-state index in [1.165, 1.54) is 0 Å². The van der Waals surface area contributed by atoms with Crippen LogP contribution in [0.15, 0.2) is 16.9 Å². The summed E-state index contributed by atoms with van der Waals surface area (Å²) in [5.41, 5.74) is 5.79. The highest BCUT2D eigenvalue weighted by Crippen LogP contribution is 2.15. The molecule has 1 aromatic heterocycles. The lowest BCUT2D eigenvalue weighted by molar-refractivity contribution is 0.750. The summed E-state index contributed by atoms with van der Waals surface area (Å²) < 4.78 is 0.903. The topological polar surface area (TPSA) is 55.0 Å². The molecule has 1 aliphatic heterocycles. The van der Waals surface area contributed by atoms with E-state index in [1.54, 1.807) is 12.4 Å². The van der Waals surface area contributed by atoms with Gasteiger partial charge in [0.25, 0.3) is 0 Å². The van der Waals surface area contributed by atoms with Crippen LogP contribution in [0.3, 0.4) is 0 Å². The van der Waals surface area contributed by atoms with Crippen LogP contribution in [-0.4, -0.2) is 29.1 Å². The summed E-state index contributed by atoms with van der Waals surface area (Å²) in [5, 5.41) is 0. The number of halogens is 2. The quantitative estimate of drug-likeness (QED) is 0.839. The first kappa shape index (κ1) is 11.7. The van der Waals surface area contributed by atoms with Crippen LogP contribution >= 0.6 is 28.3 Å². The normalized spacial score (nSPS) is 20.7. The molecule has 0 spiro atoms. The van der Waals surface area contributed by atoms with E-state index in [4.69, 9.17) is 5.73 Å². The number of nitrogens with two attached hydrogens (primary N) is 1. The van der Waals surface area contributed by atoms with Crippen molar-refractivity contribution < 1.29 is 0 Å². The minimum absolute atomic E-state index is 0. The van der Waals surface area contributed by atoms with Crippen LogP contribution in [0.1, 0.15) is 6.42 Å². The monoisotopic (exact) mass is 278 g/mol. The van der Waals surface area contributed by atoms with Gasteiger partial charge in [0.05, 0.1) is 4.47 Å². The third-order valence-corrected chi connectivity index (χ3v) is 2.52. The van der Waals surface area contributed by atoms with Gasteiger partial charge in [-0.25, -0.2) is 9.97 Å². The van der Waals surface area contributed by atoms with E-state index in [1.807, 2.05) is 0 Å². The van der Waals surface area contributed by atoms with Crippen molar-refractivity contribution in [2.45, 2.75) is 12.5 Å². The first-order valence-electron chi connectivity index (χ1n) is 4.24. The van der Waals surface area contributed by atoms with Crippen molar-refractivity contribution in [3.8, 4) is 0 Å². The van der Waals surface area contributed by atoms with E-state index in [0.717, 1.165) is 29.9 Å². The van der Waals surface area contributed by atoms with Gasteiger partial charge in [-0.05, 0) is 22.4 Å². The molecule has 1 atom stereocenters. The summed E-state index contributed by atoms with van der Waals surface area (Å²) in [5.74, 6) is 0.774. The van der Waals surface area contributed by atoms with Crippen molar-refractivity contribution in [3.63, 3.8) is 0 Å². The van der Waals surface area contributed by atoms with Crippen molar-refractivity contribution >= 4 is 34.3 Å². The molecule has 6 heteroatoms. The highest BCUT2D eigenvalue weighted by atomic mass is 79.9. The fraction of sp³-hybridized carbons (Fsp3) is 0.500. The van der Waals surface area contributed by atoms with E-state index in [0.29, 0.717) is 0 Å². The largest absolute Gasteiger partial charge is 0.339 e. The van der Waals surface area contributed by atoms with Crippen LogP contribution in [-0.2, 0) is 0 Å². The van der Waals surface area contributed by atoms with E-state index in [9.17, 15) is 0 Å². The minimum Gasteiger partial charge on any atom is -0.339 e. The molecular formula is C8H12BrClN4. The number of anilines is 1. The lowest BCUT2D eigenvalue weighted by Gasteiger charge is -2.14. The SMILES string of the molecule is Cl.N[C@H]1CCN(c2ncc(Br)cn2)C1. The van der Waals surface area contributed by atoms with Crippen LogP contribution in [0.25, 0.3) is 0 Å². The van der Waals surface area contributed by atoms with Gasteiger partial charge in [0.2, 0.25) is 5.95 Å². The predicted octanol–water partition coefficient (Wildman–Crippen LogP) is 1.20. The molecule has 1 aromatic rings. The zero-order valence-corrected chi connectivity index (χ0v) is 9.96. The molecule has 0 amide bonds. The van der Waals surface area contributed by atoms with Crippen molar-refractivity contribution in [2.24, 2.45) is 5.73 Å². The van der Waals surface area contributed by atoms with Crippen molar-refractivity contribution in [2.75, 3.05) is 18.0 Å². The Labute approximate surface area is 97.4 Å². The average Bonchev–Trinajstić information content (AvgIpc) is 2.53. The van der Waals surface area contributed by atoms with Gasteiger partial charge in [-0.15, -0.1) is 12.4 Å². The Morgan fingerprint density at radius 3 is 2.57 bits per heavy atom. The van der Waals surface area contributed by atoms with Crippen LogP contribution in [0.5, 0.6) is 0 Å². The van der Waals surface area contributed by atoms with Crippen molar-refractivity contribution in [1.29, 1.82) is 0 Å².